The molecule has 1 N–H and O–H groups in total. The summed E-state index contributed by atoms with van der Waals surface area (Å²) in [7, 11) is 2.13. The van der Waals surface area contributed by atoms with Gasteiger partial charge in [-0.1, -0.05) is 69.4 Å². The summed E-state index contributed by atoms with van der Waals surface area (Å²) in [5.74, 6) is 5.73. The van der Waals surface area contributed by atoms with Gasteiger partial charge in [0.1, 0.15) is 11.3 Å². The normalized spacial score (nSPS) is 13.2. The second-order valence-corrected chi connectivity index (χ2v) is 12.7. The molecule has 0 bridgehead atoms. The monoisotopic (exact) mass is 679 g/mol. The van der Waals surface area contributed by atoms with Gasteiger partial charge in [0, 0.05) is 56.4 Å². The molecule has 0 aliphatic carbocycles. The predicted molar refractivity (Wildman–Crippen MR) is 196 cm³/mol. The highest BCUT2D eigenvalue weighted by atomic mass is 32.1. The first-order chi connectivity index (χ1) is 23.9. The summed E-state index contributed by atoms with van der Waals surface area (Å²) < 4.78 is 23.6. The maximum absolute atomic E-state index is 15.3. The summed E-state index contributed by atoms with van der Waals surface area (Å²) in [4.78, 5) is 36.6. The summed E-state index contributed by atoms with van der Waals surface area (Å²) in [6.45, 7) is 11.2. The fraction of sp³-hybridized carbons (Fsp3) is 0.308. The highest BCUT2D eigenvalue weighted by molar-refractivity contribution is 7.19. The molecular formula is C39H42FN5O3S. The van der Waals surface area contributed by atoms with E-state index in [2.05, 4.69) is 39.0 Å². The molecule has 2 aromatic carbocycles. The van der Waals surface area contributed by atoms with Gasteiger partial charge < -0.3 is 19.5 Å². The number of anilines is 1. The highest BCUT2D eigenvalue weighted by Crippen LogP contribution is 2.36. The van der Waals surface area contributed by atoms with Crippen LogP contribution in [0.2, 0.25) is 0 Å². The Morgan fingerprint density at radius 1 is 1.00 bits per heavy atom. The van der Waals surface area contributed by atoms with Crippen LogP contribution >= 0.6 is 11.3 Å². The van der Waals surface area contributed by atoms with Crippen LogP contribution in [0.1, 0.15) is 53.6 Å². The Bertz CT molecular complexity index is 2010. The van der Waals surface area contributed by atoms with Crippen molar-refractivity contribution in [2.45, 2.75) is 40.2 Å². The SMILES string of the molecule is CC.CCCc1cc(C(=O)Nc2ccc(Oc3ccnc4cc(C#CCN5CCN(C)CC5)sc34)c(F)c2)c(=O)n(Cc2ccccc2)c1. The number of rotatable bonds is 9. The third-order valence-corrected chi connectivity index (χ3v) is 9.07. The Balaban J connectivity index is 0.00000230. The number of carbonyl (C=O) groups excluding carboxylic acids is 1. The summed E-state index contributed by atoms with van der Waals surface area (Å²) >= 11 is 1.45. The summed E-state index contributed by atoms with van der Waals surface area (Å²) in [6, 6.07) is 19.0. The number of piperazine rings is 1. The third kappa shape index (κ3) is 9.21. The van der Waals surface area contributed by atoms with E-state index >= 15 is 4.39 Å². The van der Waals surface area contributed by atoms with Gasteiger partial charge in [0.05, 0.1) is 28.2 Å². The van der Waals surface area contributed by atoms with Crippen molar-refractivity contribution < 1.29 is 13.9 Å². The number of aromatic nitrogens is 2. The van der Waals surface area contributed by atoms with Gasteiger partial charge in [0.25, 0.3) is 11.5 Å². The Morgan fingerprint density at radius 3 is 2.51 bits per heavy atom. The lowest BCUT2D eigenvalue weighted by Crippen LogP contribution is -2.44. The first-order valence-corrected chi connectivity index (χ1v) is 17.5. The van der Waals surface area contributed by atoms with E-state index in [1.807, 2.05) is 57.2 Å². The number of aryl methyl sites for hydroxylation is 1. The van der Waals surface area contributed by atoms with Crippen LogP contribution in [0.5, 0.6) is 11.5 Å². The van der Waals surface area contributed by atoms with E-state index in [0.29, 0.717) is 25.3 Å². The molecule has 1 amide bonds. The van der Waals surface area contributed by atoms with E-state index in [9.17, 15) is 9.59 Å². The summed E-state index contributed by atoms with van der Waals surface area (Å²) in [6.07, 6.45) is 5.00. The molecule has 5 aromatic rings. The quantitative estimate of drug-likeness (QED) is 0.165. The molecule has 1 saturated heterocycles. The zero-order valence-corrected chi connectivity index (χ0v) is 29.3. The van der Waals surface area contributed by atoms with E-state index in [4.69, 9.17) is 4.74 Å². The van der Waals surface area contributed by atoms with Crippen LogP contribution < -0.4 is 15.6 Å². The number of benzene rings is 2. The van der Waals surface area contributed by atoms with Gasteiger partial charge in [-0.05, 0) is 48.9 Å². The summed E-state index contributed by atoms with van der Waals surface area (Å²) in [5, 5.41) is 2.69. The second kappa shape index (κ2) is 17.0. The van der Waals surface area contributed by atoms with Crippen LogP contribution in [0.25, 0.3) is 10.2 Å². The van der Waals surface area contributed by atoms with Gasteiger partial charge in [0.15, 0.2) is 11.6 Å². The lowest BCUT2D eigenvalue weighted by atomic mass is 10.1. The van der Waals surface area contributed by atoms with Crippen LogP contribution in [0.15, 0.2) is 83.9 Å². The molecule has 8 nitrogen and oxygen atoms in total. The maximum Gasteiger partial charge on any atom is 0.263 e. The van der Waals surface area contributed by atoms with Gasteiger partial charge in [-0.15, -0.1) is 11.3 Å². The highest BCUT2D eigenvalue weighted by Gasteiger charge is 2.17. The van der Waals surface area contributed by atoms with E-state index in [1.165, 1.54) is 23.5 Å². The Labute approximate surface area is 291 Å². The minimum absolute atomic E-state index is 0.00163. The van der Waals surface area contributed by atoms with Crippen LogP contribution in [-0.2, 0) is 13.0 Å². The zero-order valence-electron chi connectivity index (χ0n) is 28.5. The number of nitrogens with one attached hydrogen (secondary N) is 1. The first kappa shape index (κ1) is 35.5. The topological polar surface area (TPSA) is 79.7 Å². The molecule has 4 heterocycles. The van der Waals surface area contributed by atoms with E-state index < -0.39 is 17.3 Å². The first-order valence-electron chi connectivity index (χ1n) is 16.7. The van der Waals surface area contributed by atoms with Crippen LogP contribution in [0.3, 0.4) is 0 Å². The molecule has 10 heteroatoms. The zero-order chi connectivity index (χ0) is 34.8. The number of hydrogen-bond donors (Lipinski definition) is 1. The molecule has 254 valence electrons. The largest absolute Gasteiger partial charge is 0.453 e. The van der Waals surface area contributed by atoms with Gasteiger partial charge in [-0.25, -0.2) is 4.39 Å². The third-order valence-electron chi connectivity index (χ3n) is 8.02. The molecule has 1 fully saturated rings. The molecule has 0 unspecified atom stereocenters. The van der Waals surface area contributed by atoms with Gasteiger partial charge in [0.2, 0.25) is 0 Å². The van der Waals surface area contributed by atoms with Crippen LogP contribution in [-0.4, -0.2) is 65.0 Å². The summed E-state index contributed by atoms with van der Waals surface area (Å²) in [5.41, 5.74) is 2.36. The molecular weight excluding hydrogens is 638 g/mol. The van der Waals surface area contributed by atoms with Gasteiger partial charge in [-0.2, -0.15) is 0 Å². The lowest BCUT2D eigenvalue weighted by molar-refractivity contribution is 0.102. The number of thiophene rings is 1. The average molecular weight is 680 g/mol. The molecule has 1 aliphatic rings. The van der Waals surface area contributed by atoms with E-state index in [0.717, 1.165) is 58.8 Å². The molecule has 0 atom stereocenters. The standard InChI is InChI=1S/C37H36FN5O3S.C2H6/c1-3-8-27-21-30(37(45)43(25-27)24-26-9-5-4-6-10-26)36(44)40-28-12-13-33(31(38)22-28)46-34-14-15-39-32-23-29(47-35(32)34)11-7-16-42-19-17-41(2)18-20-42;1-2/h4-6,9-10,12-15,21-23,25H,3,8,16-20,24H2,1-2H3,(H,40,44);1-2H3. The van der Waals surface area contributed by atoms with Gasteiger partial charge in [-0.3, -0.25) is 19.5 Å². The minimum atomic E-state index is -0.655. The van der Waals surface area contributed by atoms with Crippen molar-refractivity contribution in [2.24, 2.45) is 0 Å². The van der Waals surface area contributed by atoms with Crippen LogP contribution in [0, 0.1) is 17.7 Å². The van der Waals surface area contributed by atoms with Crippen molar-refractivity contribution in [3.63, 3.8) is 0 Å². The van der Waals surface area contributed by atoms with Crippen molar-refractivity contribution in [3.8, 4) is 23.3 Å². The number of nitrogens with zero attached hydrogens (tertiary/aromatic N) is 4. The smallest absolute Gasteiger partial charge is 0.263 e. The van der Waals surface area contributed by atoms with E-state index in [-0.39, 0.29) is 17.0 Å². The van der Waals surface area contributed by atoms with Crippen molar-refractivity contribution in [1.29, 1.82) is 0 Å². The molecule has 49 heavy (non-hydrogen) atoms. The Morgan fingerprint density at radius 2 is 1.78 bits per heavy atom. The Kier molecular flexibility index (Phi) is 12.3. The number of pyridine rings is 2. The van der Waals surface area contributed by atoms with Crippen molar-refractivity contribution in [1.82, 2.24) is 19.4 Å². The molecule has 0 saturated carbocycles. The number of amides is 1. The Hall–Kier alpha value is -4.82. The average Bonchev–Trinajstić information content (AvgIpc) is 3.53. The van der Waals surface area contributed by atoms with Crippen molar-refractivity contribution in [3.05, 3.63) is 117 Å². The van der Waals surface area contributed by atoms with Gasteiger partial charge >= 0.3 is 0 Å². The molecule has 3 aromatic heterocycles. The van der Waals surface area contributed by atoms with E-state index in [1.54, 1.807) is 35.2 Å². The lowest BCUT2D eigenvalue weighted by Gasteiger charge is -2.30. The number of hydrogen-bond acceptors (Lipinski definition) is 7. The molecule has 0 radical (unpaired) electrons. The molecule has 0 spiro atoms. The number of fused-ring (bicyclic) bond motifs is 1. The second-order valence-electron chi connectivity index (χ2n) is 11.6. The molecule has 6 rings (SSSR count). The molecule has 1 aliphatic heterocycles. The number of ether oxygens (including phenoxy) is 1. The maximum atomic E-state index is 15.3. The number of carbonyl (C=O) groups is 1. The van der Waals surface area contributed by atoms with Crippen molar-refractivity contribution in [2.75, 3.05) is 45.1 Å². The van der Waals surface area contributed by atoms with Crippen LogP contribution in [0.4, 0.5) is 10.1 Å². The number of halogens is 1. The fourth-order valence-corrected chi connectivity index (χ4v) is 6.40. The number of likely N-dealkylation sites (N-methyl/N-ethyl adjacent to an activating group) is 1. The fourth-order valence-electron chi connectivity index (χ4n) is 5.46. The minimum Gasteiger partial charge on any atom is -0.453 e. The predicted octanol–water partition coefficient (Wildman–Crippen LogP) is 7.27. The van der Waals surface area contributed by atoms with Crippen molar-refractivity contribution >= 4 is 33.1 Å².